The van der Waals surface area contributed by atoms with Gasteiger partial charge in [0.1, 0.15) is 12.6 Å². The van der Waals surface area contributed by atoms with Crippen LogP contribution in [0.3, 0.4) is 0 Å². The van der Waals surface area contributed by atoms with Gasteiger partial charge in [0.15, 0.2) is 0 Å². The first-order chi connectivity index (χ1) is 21.5. The number of anilines is 1. The number of sulfonamides is 1. The average molecular weight is 711 g/mol. The van der Waals surface area contributed by atoms with Crippen molar-refractivity contribution in [2.24, 2.45) is 0 Å². The van der Waals surface area contributed by atoms with Gasteiger partial charge in [-0.25, -0.2) is 8.42 Å². The summed E-state index contributed by atoms with van der Waals surface area (Å²) in [5.74, 6) is -0.868. The SMILES string of the molecule is CC[C@@H](C)NC(=O)[C@H](Cc1ccccc1)N(Cc1cccc(Br)c1)C(=O)CN(c1ccccc1Cl)S(=O)(=O)c1ccc(C)cc1. The number of benzene rings is 4. The van der Waals surface area contributed by atoms with Gasteiger partial charge >= 0.3 is 0 Å². The fraction of sp³-hybridized carbons (Fsp3) is 0.257. The van der Waals surface area contributed by atoms with Gasteiger partial charge in [0.05, 0.1) is 15.6 Å². The molecule has 0 heterocycles. The van der Waals surface area contributed by atoms with Gasteiger partial charge in [0, 0.05) is 23.5 Å². The molecule has 0 bridgehead atoms. The second-order valence-electron chi connectivity index (χ2n) is 11.0. The minimum atomic E-state index is -4.24. The molecule has 0 aromatic heterocycles. The number of carbonyl (C=O) groups is 2. The summed E-state index contributed by atoms with van der Waals surface area (Å²) in [5, 5.41) is 3.22. The quantitative estimate of drug-likeness (QED) is 0.160. The van der Waals surface area contributed by atoms with Crippen LogP contribution in [0.15, 0.2) is 112 Å². The molecule has 2 atom stereocenters. The van der Waals surface area contributed by atoms with Gasteiger partial charge in [-0.2, -0.15) is 0 Å². The van der Waals surface area contributed by atoms with Crippen molar-refractivity contribution in [1.82, 2.24) is 10.2 Å². The highest BCUT2D eigenvalue weighted by Crippen LogP contribution is 2.31. The van der Waals surface area contributed by atoms with Crippen molar-refractivity contribution in [1.29, 1.82) is 0 Å². The van der Waals surface area contributed by atoms with Gasteiger partial charge in [-0.05, 0) is 67.8 Å². The van der Waals surface area contributed by atoms with Crippen LogP contribution in [0.1, 0.15) is 37.0 Å². The maximum absolute atomic E-state index is 14.5. The van der Waals surface area contributed by atoms with Gasteiger partial charge in [-0.3, -0.25) is 13.9 Å². The van der Waals surface area contributed by atoms with Gasteiger partial charge < -0.3 is 10.2 Å². The number of hydrogen-bond donors (Lipinski definition) is 1. The lowest BCUT2D eigenvalue weighted by Gasteiger charge is -2.34. The lowest BCUT2D eigenvalue weighted by Crippen LogP contribution is -2.54. The summed E-state index contributed by atoms with van der Waals surface area (Å²) in [6.45, 7) is 5.24. The highest BCUT2D eigenvalue weighted by Gasteiger charge is 2.35. The zero-order valence-electron chi connectivity index (χ0n) is 25.5. The van der Waals surface area contributed by atoms with E-state index in [0.29, 0.717) is 6.42 Å². The highest BCUT2D eigenvalue weighted by molar-refractivity contribution is 9.10. The third-order valence-corrected chi connectivity index (χ3v) is 10.1. The third kappa shape index (κ3) is 8.96. The molecule has 45 heavy (non-hydrogen) atoms. The number of carbonyl (C=O) groups excluding carboxylic acids is 2. The molecular weight excluding hydrogens is 674 g/mol. The maximum Gasteiger partial charge on any atom is 0.264 e. The average Bonchev–Trinajstić information content (AvgIpc) is 3.02. The molecule has 0 spiro atoms. The van der Waals surface area contributed by atoms with Crippen molar-refractivity contribution in [2.45, 2.75) is 57.1 Å². The summed E-state index contributed by atoms with van der Waals surface area (Å²) in [7, 11) is -4.24. The molecule has 236 valence electrons. The van der Waals surface area contributed by atoms with Crippen LogP contribution in [0, 0.1) is 6.92 Å². The summed E-state index contributed by atoms with van der Waals surface area (Å²) >= 11 is 10.0. The van der Waals surface area contributed by atoms with E-state index >= 15 is 0 Å². The summed E-state index contributed by atoms with van der Waals surface area (Å²) in [5.41, 5.74) is 2.70. The van der Waals surface area contributed by atoms with Crippen molar-refractivity contribution in [3.63, 3.8) is 0 Å². The van der Waals surface area contributed by atoms with Crippen molar-refractivity contribution < 1.29 is 18.0 Å². The Kier molecular flexibility index (Phi) is 11.8. The molecule has 2 amide bonds. The van der Waals surface area contributed by atoms with E-state index in [1.54, 1.807) is 36.4 Å². The first kappa shape index (κ1) is 34.2. The van der Waals surface area contributed by atoms with E-state index in [1.165, 1.54) is 17.0 Å². The van der Waals surface area contributed by atoms with Crippen LogP contribution in [0.4, 0.5) is 5.69 Å². The van der Waals surface area contributed by atoms with Crippen molar-refractivity contribution in [3.8, 4) is 0 Å². The number of nitrogens with one attached hydrogen (secondary N) is 1. The fourth-order valence-corrected chi connectivity index (χ4v) is 7.00. The Labute approximate surface area is 279 Å². The van der Waals surface area contributed by atoms with Crippen molar-refractivity contribution in [3.05, 3.63) is 129 Å². The Morgan fingerprint density at radius 2 is 1.53 bits per heavy atom. The van der Waals surface area contributed by atoms with Gasteiger partial charge in [0.25, 0.3) is 10.0 Å². The number of aryl methyl sites for hydroxylation is 1. The first-order valence-electron chi connectivity index (χ1n) is 14.7. The minimum Gasteiger partial charge on any atom is -0.352 e. The van der Waals surface area contributed by atoms with Crippen LogP contribution in [0.2, 0.25) is 5.02 Å². The van der Waals surface area contributed by atoms with Crippen LogP contribution in [0.25, 0.3) is 0 Å². The van der Waals surface area contributed by atoms with E-state index in [2.05, 4.69) is 21.2 Å². The number of hydrogen-bond acceptors (Lipinski definition) is 4. The maximum atomic E-state index is 14.5. The second-order valence-corrected chi connectivity index (χ2v) is 14.1. The van der Waals surface area contributed by atoms with Crippen molar-refractivity contribution >= 4 is 55.1 Å². The number of para-hydroxylation sites is 1. The summed E-state index contributed by atoms with van der Waals surface area (Å²) in [4.78, 5) is 29.9. The molecule has 7 nitrogen and oxygen atoms in total. The Morgan fingerprint density at radius 1 is 0.889 bits per heavy atom. The van der Waals surface area contributed by atoms with Gasteiger partial charge in [-0.15, -0.1) is 0 Å². The molecular formula is C35H37BrClN3O4S. The van der Waals surface area contributed by atoms with E-state index in [9.17, 15) is 18.0 Å². The number of rotatable bonds is 13. The van der Waals surface area contributed by atoms with Crippen molar-refractivity contribution in [2.75, 3.05) is 10.8 Å². The molecule has 0 aliphatic rings. The third-order valence-electron chi connectivity index (χ3n) is 7.52. The number of halogens is 2. The lowest BCUT2D eigenvalue weighted by atomic mass is 10.0. The zero-order valence-corrected chi connectivity index (χ0v) is 28.6. The van der Waals surface area contributed by atoms with Crippen LogP contribution >= 0.6 is 27.5 Å². The fourth-order valence-electron chi connectivity index (χ4n) is 4.83. The number of amides is 2. The number of nitrogens with zero attached hydrogens (tertiary/aromatic N) is 2. The standard InChI is InChI=1S/C35H37BrClN3O4S/c1-4-26(3)38-35(42)33(22-27-11-6-5-7-12-27)39(23-28-13-10-14-29(36)21-28)34(41)24-40(32-16-9-8-15-31(32)37)45(43,44)30-19-17-25(2)18-20-30/h5-21,26,33H,4,22-24H2,1-3H3,(H,38,42)/t26-,33+/m1/s1. The van der Waals surface area contributed by atoms with Crippen LogP contribution < -0.4 is 9.62 Å². The molecule has 0 fully saturated rings. The topological polar surface area (TPSA) is 86.8 Å². The molecule has 0 saturated carbocycles. The molecule has 4 aromatic carbocycles. The van der Waals surface area contributed by atoms with Crippen LogP contribution in [0.5, 0.6) is 0 Å². The summed E-state index contributed by atoms with van der Waals surface area (Å²) in [6.07, 6.45) is 0.943. The van der Waals surface area contributed by atoms with E-state index in [1.807, 2.05) is 75.4 Å². The molecule has 4 aromatic rings. The predicted octanol–water partition coefficient (Wildman–Crippen LogP) is 7.16. The molecule has 4 rings (SSSR count). The van der Waals surface area contributed by atoms with E-state index in [0.717, 1.165) is 25.5 Å². The minimum absolute atomic E-state index is 0.0229. The largest absolute Gasteiger partial charge is 0.352 e. The Morgan fingerprint density at radius 3 is 2.18 bits per heavy atom. The normalized spacial score (nSPS) is 12.6. The molecule has 10 heteroatoms. The smallest absolute Gasteiger partial charge is 0.264 e. The Bertz CT molecular complexity index is 1720. The molecule has 1 N–H and O–H groups in total. The molecule has 0 aliphatic heterocycles. The molecule has 0 saturated heterocycles. The lowest BCUT2D eigenvalue weighted by molar-refractivity contribution is -0.140. The second kappa shape index (κ2) is 15.6. The summed E-state index contributed by atoms with van der Waals surface area (Å²) < 4.78 is 30.1. The highest BCUT2D eigenvalue weighted by atomic mass is 79.9. The zero-order chi connectivity index (χ0) is 32.6. The van der Waals surface area contributed by atoms with E-state index in [-0.39, 0.29) is 40.5 Å². The molecule has 0 unspecified atom stereocenters. The summed E-state index contributed by atoms with van der Waals surface area (Å²) in [6, 6.07) is 28.8. The monoisotopic (exact) mass is 709 g/mol. The van der Waals surface area contributed by atoms with Gasteiger partial charge in [0.2, 0.25) is 11.8 Å². The first-order valence-corrected chi connectivity index (χ1v) is 17.3. The van der Waals surface area contributed by atoms with Crippen LogP contribution in [-0.2, 0) is 32.6 Å². The molecule has 0 radical (unpaired) electrons. The Hall–Kier alpha value is -3.66. The predicted molar refractivity (Wildman–Crippen MR) is 184 cm³/mol. The Balaban J connectivity index is 1.82. The van der Waals surface area contributed by atoms with Crippen LogP contribution in [-0.4, -0.2) is 43.8 Å². The van der Waals surface area contributed by atoms with E-state index < -0.39 is 28.5 Å². The van der Waals surface area contributed by atoms with E-state index in [4.69, 9.17) is 11.6 Å². The van der Waals surface area contributed by atoms with Gasteiger partial charge in [-0.1, -0.05) is 107 Å². The molecule has 0 aliphatic carbocycles.